The summed E-state index contributed by atoms with van der Waals surface area (Å²) in [4.78, 5) is 0. The topological polar surface area (TPSA) is 9.23 Å². The number of halogens is 1. The van der Waals surface area contributed by atoms with E-state index in [4.69, 9.17) is 4.74 Å². The summed E-state index contributed by atoms with van der Waals surface area (Å²) < 4.78 is 17.9. The van der Waals surface area contributed by atoms with Crippen LogP contribution in [0.5, 0.6) is 5.75 Å². The molecular formula is C10H11FOS. The molecule has 0 N–H and O–H groups in total. The first-order valence-corrected chi connectivity index (χ1v) is 4.51. The molecule has 0 heterocycles. The standard InChI is InChI=1S/C10H11FOS/c1-8(7-13)6-12-10-4-2-3-9(11)5-10/h2-5,13H,1,6-7H2. The van der Waals surface area contributed by atoms with E-state index < -0.39 is 0 Å². The van der Waals surface area contributed by atoms with Crippen LogP contribution in [0.1, 0.15) is 0 Å². The van der Waals surface area contributed by atoms with Gasteiger partial charge in [0.2, 0.25) is 0 Å². The maximum Gasteiger partial charge on any atom is 0.126 e. The zero-order valence-electron chi connectivity index (χ0n) is 7.16. The molecule has 1 aromatic carbocycles. The van der Waals surface area contributed by atoms with Gasteiger partial charge >= 0.3 is 0 Å². The third-order valence-electron chi connectivity index (χ3n) is 1.46. The molecule has 0 aromatic heterocycles. The van der Waals surface area contributed by atoms with Crippen molar-refractivity contribution in [2.45, 2.75) is 0 Å². The minimum absolute atomic E-state index is 0.297. The predicted molar refractivity (Wildman–Crippen MR) is 54.9 cm³/mol. The Hall–Kier alpha value is -0.960. The monoisotopic (exact) mass is 198 g/mol. The van der Waals surface area contributed by atoms with Crippen LogP contribution in [0, 0.1) is 5.82 Å². The molecule has 0 spiro atoms. The molecule has 1 aromatic rings. The van der Waals surface area contributed by atoms with Crippen LogP contribution in [0.15, 0.2) is 36.4 Å². The summed E-state index contributed by atoms with van der Waals surface area (Å²) in [6.07, 6.45) is 0. The van der Waals surface area contributed by atoms with E-state index in [1.807, 2.05) is 0 Å². The number of ether oxygens (including phenoxy) is 1. The van der Waals surface area contributed by atoms with Crippen molar-refractivity contribution in [1.29, 1.82) is 0 Å². The first kappa shape index (κ1) is 10.1. The number of rotatable bonds is 4. The molecule has 0 aliphatic carbocycles. The van der Waals surface area contributed by atoms with Crippen LogP contribution >= 0.6 is 12.6 Å². The van der Waals surface area contributed by atoms with E-state index in [2.05, 4.69) is 19.2 Å². The SMILES string of the molecule is C=C(CS)COc1cccc(F)c1. The molecule has 1 rings (SSSR count). The zero-order chi connectivity index (χ0) is 9.68. The molecule has 0 aliphatic heterocycles. The van der Waals surface area contributed by atoms with E-state index in [9.17, 15) is 4.39 Å². The van der Waals surface area contributed by atoms with Gasteiger partial charge in [-0.05, 0) is 17.7 Å². The normalized spacial score (nSPS) is 9.69. The van der Waals surface area contributed by atoms with Crippen LogP contribution in [0.2, 0.25) is 0 Å². The molecule has 13 heavy (non-hydrogen) atoms. The Morgan fingerprint density at radius 3 is 2.92 bits per heavy atom. The average Bonchev–Trinajstić information content (AvgIpc) is 2.14. The second-order valence-corrected chi connectivity index (χ2v) is 2.97. The highest BCUT2D eigenvalue weighted by Gasteiger charge is 1.96. The molecular weight excluding hydrogens is 187 g/mol. The van der Waals surface area contributed by atoms with E-state index in [1.165, 1.54) is 12.1 Å². The lowest BCUT2D eigenvalue weighted by Crippen LogP contribution is -2.01. The molecule has 0 atom stereocenters. The summed E-state index contributed by atoms with van der Waals surface area (Å²) in [6, 6.07) is 6.02. The van der Waals surface area contributed by atoms with Crippen molar-refractivity contribution in [3.05, 3.63) is 42.2 Å². The zero-order valence-corrected chi connectivity index (χ0v) is 8.06. The lowest BCUT2D eigenvalue weighted by molar-refractivity contribution is 0.351. The molecule has 0 aliphatic rings. The number of hydrogen-bond acceptors (Lipinski definition) is 2. The minimum Gasteiger partial charge on any atom is -0.489 e. The van der Waals surface area contributed by atoms with Gasteiger partial charge in [-0.3, -0.25) is 0 Å². The van der Waals surface area contributed by atoms with E-state index in [0.717, 1.165) is 5.57 Å². The largest absolute Gasteiger partial charge is 0.489 e. The Kier molecular flexibility index (Phi) is 3.83. The third-order valence-corrected chi connectivity index (χ3v) is 1.91. The maximum absolute atomic E-state index is 12.7. The van der Waals surface area contributed by atoms with Crippen LogP contribution in [0.25, 0.3) is 0 Å². The van der Waals surface area contributed by atoms with Crippen molar-refractivity contribution in [3.63, 3.8) is 0 Å². The first-order chi connectivity index (χ1) is 6.22. The van der Waals surface area contributed by atoms with Crippen LogP contribution in [-0.2, 0) is 0 Å². The van der Waals surface area contributed by atoms with Crippen LogP contribution < -0.4 is 4.74 Å². The second-order valence-electron chi connectivity index (χ2n) is 2.65. The Morgan fingerprint density at radius 2 is 2.31 bits per heavy atom. The van der Waals surface area contributed by atoms with E-state index >= 15 is 0 Å². The Morgan fingerprint density at radius 1 is 1.54 bits per heavy atom. The van der Waals surface area contributed by atoms with Gasteiger partial charge in [0.25, 0.3) is 0 Å². The van der Waals surface area contributed by atoms with Crippen LogP contribution in [-0.4, -0.2) is 12.4 Å². The molecule has 0 unspecified atom stereocenters. The van der Waals surface area contributed by atoms with Gasteiger partial charge in [0.15, 0.2) is 0 Å². The molecule has 3 heteroatoms. The van der Waals surface area contributed by atoms with Crippen molar-refractivity contribution in [3.8, 4) is 5.75 Å². The summed E-state index contributed by atoms with van der Waals surface area (Å²) in [7, 11) is 0. The molecule has 1 nitrogen and oxygen atoms in total. The van der Waals surface area contributed by atoms with Crippen molar-refractivity contribution in [2.24, 2.45) is 0 Å². The van der Waals surface area contributed by atoms with Gasteiger partial charge in [-0.2, -0.15) is 12.6 Å². The highest BCUT2D eigenvalue weighted by Crippen LogP contribution is 2.12. The van der Waals surface area contributed by atoms with Gasteiger partial charge < -0.3 is 4.74 Å². The first-order valence-electron chi connectivity index (χ1n) is 3.88. The molecule has 0 bridgehead atoms. The fraction of sp³-hybridized carbons (Fsp3) is 0.200. The Balaban J connectivity index is 2.50. The van der Waals surface area contributed by atoms with Crippen LogP contribution in [0.4, 0.5) is 4.39 Å². The van der Waals surface area contributed by atoms with E-state index in [-0.39, 0.29) is 5.82 Å². The lowest BCUT2D eigenvalue weighted by Gasteiger charge is -2.06. The summed E-state index contributed by atoms with van der Waals surface area (Å²) in [5.41, 5.74) is 0.868. The number of hydrogen-bond donors (Lipinski definition) is 1. The van der Waals surface area contributed by atoms with Gasteiger partial charge in [0.05, 0.1) is 0 Å². The molecule has 0 saturated heterocycles. The maximum atomic E-state index is 12.7. The van der Waals surface area contributed by atoms with Gasteiger partial charge in [0, 0.05) is 11.8 Å². The van der Waals surface area contributed by atoms with Crippen LogP contribution in [0.3, 0.4) is 0 Å². The van der Waals surface area contributed by atoms with Gasteiger partial charge in [-0.15, -0.1) is 0 Å². The van der Waals surface area contributed by atoms with Gasteiger partial charge in [-0.25, -0.2) is 4.39 Å². The average molecular weight is 198 g/mol. The lowest BCUT2D eigenvalue weighted by atomic mass is 10.3. The van der Waals surface area contributed by atoms with E-state index in [1.54, 1.807) is 12.1 Å². The highest BCUT2D eigenvalue weighted by atomic mass is 32.1. The minimum atomic E-state index is -0.297. The molecule has 0 amide bonds. The summed E-state index contributed by atoms with van der Waals surface area (Å²) >= 11 is 4.03. The fourth-order valence-electron chi connectivity index (χ4n) is 0.788. The van der Waals surface area contributed by atoms with Gasteiger partial charge in [0.1, 0.15) is 18.2 Å². The molecule has 0 radical (unpaired) electrons. The molecule has 0 fully saturated rings. The Labute approximate surface area is 82.6 Å². The number of benzene rings is 1. The molecule has 70 valence electrons. The summed E-state index contributed by atoms with van der Waals surface area (Å²) in [5, 5.41) is 0. The van der Waals surface area contributed by atoms with E-state index in [0.29, 0.717) is 18.1 Å². The predicted octanol–water partition coefficient (Wildman–Crippen LogP) is 2.69. The fourth-order valence-corrected chi connectivity index (χ4v) is 0.879. The third kappa shape index (κ3) is 3.51. The van der Waals surface area contributed by atoms with Crippen molar-refractivity contribution in [2.75, 3.05) is 12.4 Å². The highest BCUT2D eigenvalue weighted by molar-refractivity contribution is 7.80. The van der Waals surface area contributed by atoms with Gasteiger partial charge in [-0.1, -0.05) is 12.6 Å². The number of thiol groups is 1. The second kappa shape index (κ2) is 4.92. The van der Waals surface area contributed by atoms with Crippen molar-refractivity contribution < 1.29 is 9.13 Å². The Bertz CT molecular complexity index is 299. The molecule has 0 saturated carbocycles. The quantitative estimate of drug-likeness (QED) is 0.578. The smallest absolute Gasteiger partial charge is 0.126 e. The van der Waals surface area contributed by atoms with Crippen molar-refractivity contribution in [1.82, 2.24) is 0 Å². The van der Waals surface area contributed by atoms with Crippen molar-refractivity contribution >= 4 is 12.6 Å². The summed E-state index contributed by atoms with van der Waals surface area (Å²) in [6.45, 7) is 4.10. The summed E-state index contributed by atoms with van der Waals surface area (Å²) in [5.74, 6) is 0.798.